The highest BCUT2D eigenvalue weighted by Crippen LogP contribution is 2.35. The average molecular weight is 567 g/mol. The summed E-state index contributed by atoms with van der Waals surface area (Å²) in [5.74, 6) is 0.307. The second-order valence-electron chi connectivity index (χ2n) is 8.13. The Labute approximate surface area is 218 Å². The highest BCUT2D eigenvalue weighted by molar-refractivity contribution is 8.11. The topological polar surface area (TPSA) is 127 Å². The van der Waals surface area contributed by atoms with Gasteiger partial charge in [0.25, 0.3) is 20.0 Å². The summed E-state index contributed by atoms with van der Waals surface area (Å²) in [6, 6.07) is 14.1. The summed E-state index contributed by atoms with van der Waals surface area (Å²) < 4.78 is 51.4. The maximum absolute atomic E-state index is 12.3. The van der Waals surface area contributed by atoms with Crippen LogP contribution in [0.4, 0.5) is 17.3 Å². The number of alkyl halides is 2. The molecule has 10 nitrogen and oxygen atoms in total. The molecule has 36 heavy (non-hydrogen) atoms. The van der Waals surface area contributed by atoms with Gasteiger partial charge < -0.3 is 5.32 Å². The van der Waals surface area contributed by atoms with E-state index in [1.807, 2.05) is 16.8 Å². The van der Waals surface area contributed by atoms with Crippen molar-refractivity contribution in [2.24, 2.45) is 0 Å². The van der Waals surface area contributed by atoms with E-state index in [9.17, 15) is 16.8 Å². The first-order chi connectivity index (χ1) is 17.2. The van der Waals surface area contributed by atoms with Crippen molar-refractivity contribution in [3.8, 4) is 0 Å². The second kappa shape index (κ2) is 9.51. The number of rotatable bonds is 8. The number of aromatic nitrogens is 4. The van der Waals surface area contributed by atoms with Crippen molar-refractivity contribution >= 4 is 71.6 Å². The summed E-state index contributed by atoms with van der Waals surface area (Å²) >= 11 is 11.0. The fraction of sp³-hybridized carbons (Fsp3) is 0.227. The molecule has 0 radical (unpaired) electrons. The number of anilines is 3. The summed E-state index contributed by atoms with van der Waals surface area (Å²) in [7, 11) is -8.67. The van der Waals surface area contributed by atoms with Gasteiger partial charge in [0.15, 0.2) is 5.65 Å². The minimum Gasteiger partial charge on any atom is -0.324 e. The van der Waals surface area contributed by atoms with Crippen molar-refractivity contribution in [2.45, 2.75) is 18.9 Å². The maximum Gasteiger partial charge on any atom is 0.262 e. The molecule has 0 bridgehead atoms. The molecule has 2 heterocycles. The molecule has 14 heteroatoms. The van der Waals surface area contributed by atoms with E-state index < -0.39 is 30.5 Å². The lowest BCUT2D eigenvalue weighted by molar-refractivity contribution is 0.533. The standard InChI is InChI=1S/C22H20Cl2N6O4S2/c23-13-35(31,32)30(36(33,34)14-24)18-8-6-17(7-9-18)27-22-25-11-16-12-26-29(21(16)28-22)20-10-5-15-3-1-2-4-19(15)20/h1-4,6-9,11-12,20H,5,10,13-14H2,(H,25,27,28)/t20-/m0/s1. The van der Waals surface area contributed by atoms with Crippen LogP contribution in [0.5, 0.6) is 0 Å². The van der Waals surface area contributed by atoms with Crippen molar-refractivity contribution in [1.82, 2.24) is 19.7 Å². The molecule has 1 aliphatic rings. The van der Waals surface area contributed by atoms with Crippen LogP contribution in [0.25, 0.3) is 11.0 Å². The number of aryl methyl sites for hydroxylation is 1. The first-order valence-corrected chi connectivity index (χ1v) is 15.1. The second-order valence-corrected chi connectivity index (χ2v) is 13.2. The zero-order valence-corrected chi connectivity index (χ0v) is 21.8. The van der Waals surface area contributed by atoms with Gasteiger partial charge in [-0.3, -0.25) is 0 Å². The number of benzene rings is 2. The Bertz CT molecular complexity index is 1610. The molecule has 5 rings (SSSR count). The summed E-state index contributed by atoms with van der Waals surface area (Å²) in [4.78, 5) is 8.99. The molecule has 0 unspecified atom stereocenters. The third-order valence-corrected chi connectivity index (χ3v) is 10.8. The van der Waals surface area contributed by atoms with Gasteiger partial charge >= 0.3 is 0 Å². The Morgan fingerprint density at radius 3 is 2.36 bits per heavy atom. The predicted molar refractivity (Wildman–Crippen MR) is 140 cm³/mol. The van der Waals surface area contributed by atoms with Gasteiger partial charge in [0.05, 0.1) is 23.3 Å². The number of sulfonamides is 2. The van der Waals surface area contributed by atoms with Crippen LogP contribution in [0.1, 0.15) is 23.6 Å². The van der Waals surface area contributed by atoms with Gasteiger partial charge in [-0.1, -0.05) is 24.3 Å². The first-order valence-electron chi connectivity index (χ1n) is 10.8. The number of fused-ring (bicyclic) bond motifs is 2. The normalized spacial score (nSPS) is 15.7. The van der Waals surface area contributed by atoms with E-state index >= 15 is 0 Å². The molecule has 2 aromatic heterocycles. The lowest BCUT2D eigenvalue weighted by Crippen LogP contribution is -2.38. The molecule has 0 spiro atoms. The SMILES string of the molecule is O=S(=O)(CCl)N(c1ccc(Nc2ncc3cnn([C@H]4CCc5ccccc54)c3n2)cc1)S(=O)(=O)CCl. The van der Waals surface area contributed by atoms with Crippen LogP contribution >= 0.6 is 23.2 Å². The molecule has 0 aliphatic heterocycles. The van der Waals surface area contributed by atoms with E-state index in [0.29, 0.717) is 17.3 Å². The molecule has 0 saturated carbocycles. The molecule has 1 atom stereocenters. The molecule has 188 valence electrons. The molecule has 0 saturated heterocycles. The largest absolute Gasteiger partial charge is 0.324 e. The molecular weight excluding hydrogens is 547 g/mol. The number of hydrogen-bond donors (Lipinski definition) is 1. The van der Waals surface area contributed by atoms with Crippen LogP contribution in [0, 0.1) is 0 Å². The molecule has 2 aromatic carbocycles. The summed E-state index contributed by atoms with van der Waals surface area (Å²) in [6.07, 6.45) is 5.31. The van der Waals surface area contributed by atoms with Crippen molar-refractivity contribution in [3.63, 3.8) is 0 Å². The van der Waals surface area contributed by atoms with Gasteiger partial charge in [-0.2, -0.15) is 13.8 Å². The third kappa shape index (κ3) is 4.49. The molecule has 1 N–H and O–H groups in total. The van der Waals surface area contributed by atoms with Gasteiger partial charge in [0.1, 0.15) is 10.4 Å². The van der Waals surface area contributed by atoms with E-state index in [4.69, 9.17) is 23.2 Å². The van der Waals surface area contributed by atoms with E-state index in [-0.39, 0.29) is 15.4 Å². The van der Waals surface area contributed by atoms with Crippen LogP contribution in [0.2, 0.25) is 0 Å². The maximum atomic E-state index is 12.3. The van der Waals surface area contributed by atoms with Gasteiger partial charge in [0, 0.05) is 11.9 Å². The predicted octanol–water partition coefficient (Wildman–Crippen LogP) is 3.96. The summed E-state index contributed by atoms with van der Waals surface area (Å²) in [5.41, 5.74) is 3.62. The zero-order valence-electron chi connectivity index (χ0n) is 18.6. The van der Waals surface area contributed by atoms with E-state index in [2.05, 4.69) is 32.5 Å². The van der Waals surface area contributed by atoms with Crippen LogP contribution in [-0.4, -0.2) is 47.0 Å². The third-order valence-electron chi connectivity index (χ3n) is 5.85. The van der Waals surface area contributed by atoms with Crippen molar-refractivity contribution < 1.29 is 16.8 Å². The van der Waals surface area contributed by atoms with Crippen LogP contribution < -0.4 is 9.03 Å². The monoisotopic (exact) mass is 566 g/mol. The highest BCUT2D eigenvalue weighted by atomic mass is 35.5. The smallest absolute Gasteiger partial charge is 0.262 e. The van der Waals surface area contributed by atoms with E-state index in [0.717, 1.165) is 18.2 Å². The minimum absolute atomic E-state index is 0.0829. The number of hydrogen-bond acceptors (Lipinski definition) is 8. The van der Waals surface area contributed by atoms with Crippen molar-refractivity contribution in [1.29, 1.82) is 0 Å². The summed E-state index contributed by atoms with van der Waals surface area (Å²) in [6.45, 7) is 0. The van der Waals surface area contributed by atoms with Crippen LogP contribution in [-0.2, 0) is 26.5 Å². The van der Waals surface area contributed by atoms with E-state index in [1.165, 1.54) is 35.4 Å². The Balaban J connectivity index is 1.43. The van der Waals surface area contributed by atoms with Gasteiger partial charge in [-0.25, -0.2) is 26.5 Å². The van der Waals surface area contributed by atoms with Crippen molar-refractivity contribution in [3.05, 3.63) is 72.1 Å². The molecule has 0 amide bonds. The van der Waals surface area contributed by atoms with Crippen LogP contribution in [0.15, 0.2) is 60.9 Å². The Kier molecular flexibility index (Phi) is 6.54. The van der Waals surface area contributed by atoms with Gasteiger partial charge in [-0.15, -0.1) is 23.2 Å². The first kappa shape index (κ1) is 24.8. The fourth-order valence-electron chi connectivity index (χ4n) is 4.29. The average Bonchev–Trinajstić information content (AvgIpc) is 3.48. The zero-order chi connectivity index (χ0) is 25.5. The molecule has 0 fully saturated rings. The molecular formula is C22H20Cl2N6O4S2. The lowest BCUT2D eigenvalue weighted by atomic mass is 10.1. The minimum atomic E-state index is -4.34. The van der Waals surface area contributed by atoms with E-state index in [1.54, 1.807) is 12.4 Å². The molecule has 4 aromatic rings. The van der Waals surface area contributed by atoms with Gasteiger partial charge in [0.2, 0.25) is 5.95 Å². The number of nitrogens with zero attached hydrogens (tertiary/aromatic N) is 5. The quantitative estimate of drug-likeness (QED) is 0.317. The van der Waals surface area contributed by atoms with Crippen LogP contribution in [0.3, 0.4) is 0 Å². The number of nitrogens with one attached hydrogen (secondary N) is 1. The Morgan fingerprint density at radius 1 is 0.972 bits per heavy atom. The summed E-state index contributed by atoms with van der Waals surface area (Å²) in [5, 5.41) is 6.58. The fourth-order valence-corrected chi connectivity index (χ4v) is 7.99. The highest BCUT2D eigenvalue weighted by Gasteiger charge is 2.33. The Morgan fingerprint density at radius 2 is 1.67 bits per heavy atom. The van der Waals surface area contributed by atoms with Gasteiger partial charge in [-0.05, 0) is 48.2 Å². The number of halogens is 2. The lowest BCUT2D eigenvalue weighted by Gasteiger charge is -2.21. The van der Waals surface area contributed by atoms with Crippen molar-refractivity contribution in [2.75, 3.05) is 19.5 Å². The molecule has 1 aliphatic carbocycles. The Hall–Kier alpha value is -2.93.